The van der Waals surface area contributed by atoms with Gasteiger partial charge in [-0.25, -0.2) is 0 Å². The van der Waals surface area contributed by atoms with Crippen LogP contribution in [-0.4, -0.2) is 41.9 Å². The van der Waals surface area contributed by atoms with Crippen LogP contribution in [0.25, 0.3) is 0 Å². The minimum absolute atomic E-state index is 0.0741. The standard InChI is InChI=1S/C14H23N3O3/c1-10(9-18)11(2)16-7-8-20-13-5-3-12(4-6-13)14(15)17-19/h3-6,10-11,16,18-19H,7-9H2,1-2H3,(H2,15,17). The minimum Gasteiger partial charge on any atom is -0.492 e. The maximum Gasteiger partial charge on any atom is 0.170 e. The zero-order valence-corrected chi connectivity index (χ0v) is 11.9. The van der Waals surface area contributed by atoms with Gasteiger partial charge in [-0.2, -0.15) is 0 Å². The Bertz CT molecular complexity index is 420. The highest BCUT2D eigenvalue weighted by molar-refractivity contribution is 5.97. The highest BCUT2D eigenvalue weighted by Gasteiger charge is 2.09. The molecule has 2 unspecified atom stereocenters. The summed E-state index contributed by atoms with van der Waals surface area (Å²) in [5.41, 5.74) is 6.11. The van der Waals surface area contributed by atoms with Crippen LogP contribution in [0.2, 0.25) is 0 Å². The van der Waals surface area contributed by atoms with Gasteiger partial charge in [0, 0.05) is 24.8 Å². The third kappa shape index (κ3) is 5.07. The summed E-state index contributed by atoms with van der Waals surface area (Å²) in [6.07, 6.45) is 0. The van der Waals surface area contributed by atoms with Gasteiger partial charge in [0.25, 0.3) is 0 Å². The molecule has 20 heavy (non-hydrogen) atoms. The highest BCUT2D eigenvalue weighted by atomic mass is 16.5. The molecule has 0 fully saturated rings. The van der Waals surface area contributed by atoms with Gasteiger partial charge in [0.15, 0.2) is 5.84 Å². The van der Waals surface area contributed by atoms with E-state index in [4.69, 9.17) is 20.8 Å². The molecule has 0 aliphatic heterocycles. The summed E-state index contributed by atoms with van der Waals surface area (Å²) in [6, 6.07) is 7.24. The van der Waals surface area contributed by atoms with E-state index in [9.17, 15) is 0 Å². The Morgan fingerprint density at radius 2 is 2.00 bits per heavy atom. The lowest BCUT2D eigenvalue weighted by Crippen LogP contribution is -2.36. The normalized spacial score (nSPS) is 14.8. The van der Waals surface area contributed by atoms with Gasteiger partial charge >= 0.3 is 0 Å². The molecular formula is C14H23N3O3. The summed E-state index contributed by atoms with van der Waals surface area (Å²) in [7, 11) is 0. The van der Waals surface area contributed by atoms with E-state index in [0.717, 1.165) is 5.75 Å². The summed E-state index contributed by atoms with van der Waals surface area (Å²) >= 11 is 0. The van der Waals surface area contributed by atoms with Gasteiger partial charge in [0.1, 0.15) is 12.4 Å². The van der Waals surface area contributed by atoms with Crippen LogP contribution in [0.15, 0.2) is 29.4 Å². The first-order chi connectivity index (χ1) is 9.58. The van der Waals surface area contributed by atoms with E-state index in [0.29, 0.717) is 18.7 Å². The number of nitrogens with two attached hydrogens (primary N) is 1. The molecule has 1 rings (SSSR count). The molecule has 0 aliphatic rings. The molecule has 6 heteroatoms. The number of aliphatic hydroxyl groups excluding tert-OH is 1. The maximum atomic E-state index is 9.02. The van der Waals surface area contributed by atoms with Crippen molar-refractivity contribution in [3.63, 3.8) is 0 Å². The molecule has 112 valence electrons. The van der Waals surface area contributed by atoms with Crippen molar-refractivity contribution in [2.45, 2.75) is 19.9 Å². The topological polar surface area (TPSA) is 100 Å². The van der Waals surface area contributed by atoms with Gasteiger partial charge in [-0.05, 0) is 37.1 Å². The average Bonchev–Trinajstić information content (AvgIpc) is 2.50. The van der Waals surface area contributed by atoms with Gasteiger partial charge in [0.05, 0.1) is 0 Å². The first kappa shape index (κ1) is 16.3. The van der Waals surface area contributed by atoms with Crippen LogP contribution < -0.4 is 15.8 Å². The first-order valence-corrected chi connectivity index (χ1v) is 6.63. The lowest BCUT2D eigenvalue weighted by atomic mass is 10.1. The number of hydrogen-bond donors (Lipinski definition) is 4. The Balaban J connectivity index is 2.32. The highest BCUT2D eigenvalue weighted by Crippen LogP contribution is 2.11. The van der Waals surface area contributed by atoms with Crippen LogP contribution in [0.1, 0.15) is 19.4 Å². The second kappa shape index (κ2) is 8.39. The molecule has 0 heterocycles. The number of nitrogens with one attached hydrogen (secondary N) is 1. The molecule has 0 amide bonds. The fourth-order valence-corrected chi connectivity index (χ4v) is 1.59. The summed E-state index contributed by atoms with van der Waals surface area (Å²) in [4.78, 5) is 0. The summed E-state index contributed by atoms with van der Waals surface area (Å²) < 4.78 is 5.57. The van der Waals surface area contributed by atoms with Gasteiger partial charge < -0.3 is 26.1 Å². The molecule has 0 saturated heterocycles. The Morgan fingerprint density at radius 1 is 1.35 bits per heavy atom. The molecule has 1 aromatic carbocycles. The fourth-order valence-electron chi connectivity index (χ4n) is 1.59. The van der Waals surface area contributed by atoms with Crippen molar-refractivity contribution in [3.8, 4) is 5.75 Å². The number of aliphatic hydroxyl groups is 1. The predicted octanol–water partition coefficient (Wildman–Crippen LogP) is 0.766. The van der Waals surface area contributed by atoms with E-state index in [2.05, 4.69) is 10.5 Å². The SMILES string of the molecule is CC(CO)C(C)NCCOc1ccc(/C(N)=N/O)cc1. The van der Waals surface area contributed by atoms with Crippen molar-refractivity contribution in [1.29, 1.82) is 0 Å². The zero-order chi connectivity index (χ0) is 15.0. The van der Waals surface area contributed by atoms with Gasteiger partial charge in [-0.15, -0.1) is 0 Å². The largest absolute Gasteiger partial charge is 0.492 e. The molecule has 0 aliphatic carbocycles. The summed E-state index contributed by atoms with van der Waals surface area (Å²) in [5, 5.41) is 23.8. The van der Waals surface area contributed by atoms with Gasteiger partial charge in [-0.3, -0.25) is 0 Å². The Labute approximate surface area is 119 Å². The smallest absolute Gasteiger partial charge is 0.170 e. The number of benzene rings is 1. The van der Waals surface area contributed by atoms with Crippen LogP contribution in [0.4, 0.5) is 0 Å². The number of oxime groups is 1. The van der Waals surface area contributed by atoms with E-state index in [1.54, 1.807) is 24.3 Å². The molecule has 0 bridgehead atoms. The van der Waals surface area contributed by atoms with E-state index in [1.807, 2.05) is 13.8 Å². The molecule has 0 saturated carbocycles. The van der Waals surface area contributed by atoms with Crippen molar-refractivity contribution in [1.82, 2.24) is 5.32 Å². The number of rotatable bonds is 8. The number of ether oxygens (including phenoxy) is 1. The van der Waals surface area contributed by atoms with Gasteiger partial charge in [0.2, 0.25) is 0 Å². The van der Waals surface area contributed by atoms with Crippen LogP contribution in [0, 0.1) is 5.92 Å². The predicted molar refractivity (Wildman–Crippen MR) is 78.2 cm³/mol. The third-order valence-electron chi connectivity index (χ3n) is 3.24. The second-order valence-corrected chi connectivity index (χ2v) is 4.76. The molecular weight excluding hydrogens is 258 g/mol. The minimum atomic E-state index is 0.0741. The van der Waals surface area contributed by atoms with Crippen LogP contribution >= 0.6 is 0 Å². The Hall–Kier alpha value is -1.79. The molecule has 1 aromatic rings. The van der Waals surface area contributed by atoms with E-state index >= 15 is 0 Å². The van der Waals surface area contributed by atoms with Crippen molar-refractivity contribution < 1.29 is 15.1 Å². The monoisotopic (exact) mass is 281 g/mol. The van der Waals surface area contributed by atoms with E-state index < -0.39 is 0 Å². The van der Waals surface area contributed by atoms with Crippen LogP contribution in [-0.2, 0) is 0 Å². The lowest BCUT2D eigenvalue weighted by molar-refractivity contribution is 0.202. The van der Waals surface area contributed by atoms with E-state index in [-0.39, 0.29) is 24.4 Å². The molecule has 6 nitrogen and oxygen atoms in total. The van der Waals surface area contributed by atoms with Crippen molar-refractivity contribution in [2.24, 2.45) is 16.8 Å². The molecule has 2 atom stereocenters. The molecule has 0 spiro atoms. The molecule has 0 radical (unpaired) electrons. The summed E-state index contributed by atoms with van der Waals surface area (Å²) in [5.74, 6) is 1.02. The first-order valence-electron chi connectivity index (χ1n) is 6.63. The van der Waals surface area contributed by atoms with Gasteiger partial charge in [-0.1, -0.05) is 12.1 Å². The molecule has 0 aromatic heterocycles. The number of hydrogen-bond acceptors (Lipinski definition) is 5. The number of amidine groups is 1. The quantitative estimate of drug-likeness (QED) is 0.185. The van der Waals surface area contributed by atoms with Crippen LogP contribution in [0.3, 0.4) is 0 Å². The fraction of sp³-hybridized carbons (Fsp3) is 0.500. The Kier molecular flexibility index (Phi) is 6.83. The third-order valence-corrected chi connectivity index (χ3v) is 3.24. The second-order valence-electron chi connectivity index (χ2n) is 4.76. The number of nitrogens with zero attached hydrogens (tertiary/aromatic N) is 1. The lowest BCUT2D eigenvalue weighted by Gasteiger charge is -2.19. The van der Waals surface area contributed by atoms with Crippen molar-refractivity contribution in [3.05, 3.63) is 29.8 Å². The zero-order valence-electron chi connectivity index (χ0n) is 11.9. The summed E-state index contributed by atoms with van der Waals surface area (Å²) in [6.45, 7) is 5.43. The van der Waals surface area contributed by atoms with Crippen LogP contribution in [0.5, 0.6) is 5.75 Å². The van der Waals surface area contributed by atoms with Crippen molar-refractivity contribution in [2.75, 3.05) is 19.8 Å². The van der Waals surface area contributed by atoms with E-state index in [1.165, 1.54) is 0 Å². The average molecular weight is 281 g/mol. The Morgan fingerprint density at radius 3 is 2.55 bits per heavy atom. The molecule has 5 N–H and O–H groups in total. The maximum absolute atomic E-state index is 9.02. The van der Waals surface area contributed by atoms with Crippen molar-refractivity contribution >= 4 is 5.84 Å².